The molecule has 7 heteroatoms. The van der Waals surface area contributed by atoms with Gasteiger partial charge in [-0.25, -0.2) is 9.78 Å². The number of likely N-dealkylation sites (tertiary alicyclic amines) is 1. The first-order valence-corrected chi connectivity index (χ1v) is 7.79. The Morgan fingerprint density at radius 3 is 2.77 bits per heavy atom. The second-order valence-electron chi connectivity index (χ2n) is 5.30. The highest BCUT2D eigenvalue weighted by atomic mass is 16.5. The van der Waals surface area contributed by atoms with Crippen molar-refractivity contribution in [2.45, 2.75) is 45.8 Å². The van der Waals surface area contributed by atoms with Gasteiger partial charge < -0.3 is 20.1 Å². The predicted molar refractivity (Wildman–Crippen MR) is 83.2 cm³/mol. The van der Waals surface area contributed by atoms with E-state index in [1.54, 1.807) is 6.20 Å². The molecule has 0 aliphatic carbocycles. The van der Waals surface area contributed by atoms with Gasteiger partial charge in [0.15, 0.2) is 0 Å². The number of carboxylic acid groups (broad SMARTS) is 1. The van der Waals surface area contributed by atoms with Crippen molar-refractivity contribution >= 4 is 11.9 Å². The van der Waals surface area contributed by atoms with Gasteiger partial charge in [0.2, 0.25) is 0 Å². The Morgan fingerprint density at radius 1 is 1.41 bits per heavy atom. The quantitative estimate of drug-likeness (QED) is 0.833. The second kappa shape index (κ2) is 7.40. The maximum Gasteiger partial charge on any atom is 0.407 e. The Morgan fingerprint density at radius 2 is 2.18 bits per heavy atom. The topological polar surface area (TPSA) is 87.6 Å². The van der Waals surface area contributed by atoms with Crippen molar-refractivity contribution in [2.75, 3.05) is 25.0 Å². The van der Waals surface area contributed by atoms with Crippen LogP contribution in [0.25, 0.3) is 0 Å². The van der Waals surface area contributed by atoms with Crippen LogP contribution < -0.4 is 5.32 Å². The van der Waals surface area contributed by atoms with Crippen LogP contribution >= 0.6 is 0 Å². The van der Waals surface area contributed by atoms with E-state index in [2.05, 4.69) is 15.3 Å². The number of aromatic nitrogens is 2. The maximum atomic E-state index is 11.2. The molecule has 0 saturated carbocycles. The Hall–Kier alpha value is -1.89. The van der Waals surface area contributed by atoms with Gasteiger partial charge in [-0.2, -0.15) is 0 Å². The molecule has 1 amide bonds. The first-order valence-electron chi connectivity index (χ1n) is 7.79. The van der Waals surface area contributed by atoms with E-state index in [4.69, 9.17) is 4.74 Å². The zero-order valence-electron chi connectivity index (χ0n) is 13.4. The molecule has 1 aromatic heterocycles. The van der Waals surface area contributed by atoms with E-state index < -0.39 is 6.09 Å². The van der Waals surface area contributed by atoms with Crippen LogP contribution in [0.15, 0.2) is 6.20 Å². The average Bonchev–Trinajstić information content (AvgIpc) is 2.91. The fourth-order valence-corrected chi connectivity index (χ4v) is 2.62. The molecule has 1 aromatic rings. The number of amides is 1. The summed E-state index contributed by atoms with van der Waals surface area (Å²) >= 11 is 0. The summed E-state index contributed by atoms with van der Waals surface area (Å²) in [6, 6.07) is -0.109. The number of rotatable bonds is 6. The van der Waals surface area contributed by atoms with Crippen molar-refractivity contribution in [3.8, 4) is 0 Å². The second-order valence-corrected chi connectivity index (χ2v) is 5.30. The first kappa shape index (κ1) is 16.5. The van der Waals surface area contributed by atoms with Crippen molar-refractivity contribution in [1.82, 2.24) is 14.9 Å². The van der Waals surface area contributed by atoms with Gasteiger partial charge in [0.1, 0.15) is 5.82 Å². The molecule has 0 spiro atoms. The highest BCUT2D eigenvalue weighted by molar-refractivity contribution is 5.66. The Kier molecular flexibility index (Phi) is 5.54. The number of anilines is 1. The summed E-state index contributed by atoms with van der Waals surface area (Å²) in [4.78, 5) is 21.6. The molecule has 2 N–H and O–H groups in total. The van der Waals surface area contributed by atoms with Crippen LogP contribution in [0.5, 0.6) is 0 Å². The normalized spacial score (nSPS) is 21.1. The molecule has 0 radical (unpaired) electrons. The summed E-state index contributed by atoms with van der Waals surface area (Å²) in [6.07, 6.45) is 2.29. The van der Waals surface area contributed by atoms with Gasteiger partial charge in [-0.3, -0.25) is 4.98 Å². The molecular weight excluding hydrogens is 284 g/mol. The van der Waals surface area contributed by atoms with Crippen molar-refractivity contribution in [2.24, 2.45) is 0 Å². The monoisotopic (exact) mass is 308 g/mol. The van der Waals surface area contributed by atoms with Crippen LogP contribution in [0.4, 0.5) is 10.6 Å². The summed E-state index contributed by atoms with van der Waals surface area (Å²) < 4.78 is 5.68. The minimum absolute atomic E-state index is 0.109. The van der Waals surface area contributed by atoms with Gasteiger partial charge in [0.05, 0.1) is 30.1 Å². The number of nitrogens with zero attached hydrogens (tertiary/aromatic N) is 3. The molecule has 0 aromatic carbocycles. The minimum atomic E-state index is -0.918. The van der Waals surface area contributed by atoms with Gasteiger partial charge in [-0.1, -0.05) is 13.8 Å². The number of aryl methyl sites for hydroxylation is 2. The fourth-order valence-electron chi connectivity index (χ4n) is 2.62. The minimum Gasteiger partial charge on any atom is -0.465 e. The van der Waals surface area contributed by atoms with Crippen molar-refractivity contribution in [1.29, 1.82) is 0 Å². The van der Waals surface area contributed by atoms with E-state index in [0.29, 0.717) is 19.7 Å². The molecule has 1 saturated heterocycles. The molecule has 22 heavy (non-hydrogen) atoms. The van der Waals surface area contributed by atoms with Crippen molar-refractivity contribution in [3.63, 3.8) is 0 Å². The van der Waals surface area contributed by atoms with Crippen LogP contribution in [0.1, 0.15) is 32.2 Å². The van der Waals surface area contributed by atoms with E-state index in [1.807, 2.05) is 20.8 Å². The fraction of sp³-hybridized carbons (Fsp3) is 0.667. The lowest BCUT2D eigenvalue weighted by molar-refractivity contribution is 0.0629. The standard InChI is InChI=1S/C15H24N4O3/c1-4-10-7-16-11(5-2)14(17-10)18-12-8-19(15(20)21)9-13(12)22-6-3/h7,12-13H,4-6,8-9H2,1-3H3,(H,17,18)(H,20,21)/t12-,13+/m1/s1. The molecule has 1 aliphatic rings. The summed E-state index contributed by atoms with van der Waals surface area (Å²) in [6.45, 7) is 7.29. The number of hydrogen-bond acceptors (Lipinski definition) is 5. The Labute approximate surface area is 130 Å². The van der Waals surface area contributed by atoms with Gasteiger partial charge >= 0.3 is 6.09 Å². The highest BCUT2D eigenvalue weighted by Gasteiger charge is 2.36. The van der Waals surface area contributed by atoms with E-state index in [0.717, 1.165) is 30.0 Å². The molecule has 0 unspecified atom stereocenters. The van der Waals surface area contributed by atoms with Gasteiger partial charge in [-0.15, -0.1) is 0 Å². The summed E-state index contributed by atoms with van der Waals surface area (Å²) in [5.41, 5.74) is 1.81. The molecule has 2 heterocycles. The van der Waals surface area contributed by atoms with Gasteiger partial charge in [0.25, 0.3) is 0 Å². The number of hydrogen-bond donors (Lipinski definition) is 2. The molecular formula is C15H24N4O3. The lowest BCUT2D eigenvalue weighted by Gasteiger charge is -2.21. The zero-order valence-corrected chi connectivity index (χ0v) is 13.4. The molecule has 0 bridgehead atoms. The largest absolute Gasteiger partial charge is 0.465 e. The predicted octanol–water partition coefficient (Wildman–Crippen LogP) is 1.78. The molecule has 1 aliphatic heterocycles. The van der Waals surface area contributed by atoms with Crippen LogP contribution in [0, 0.1) is 0 Å². The van der Waals surface area contributed by atoms with Crippen molar-refractivity contribution < 1.29 is 14.6 Å². The molecule has 2 atom stereocenters. The van der Waals surface area contributed by atoms with E-state index in [-0.39, 0.29) is 12.1 Å². The summed E-state index contributed by atoms with van der Waals surface area (Å²) in [5, 5.41) is 12.5. The molecule has 7 nitrogen and oxygen atoms in total. The molecule has 2 rings (SSSR count). The van der Waals surface area contributed by atoms with Crippen molar-refractivity contribution in [3.05, 3.63) is 17.6 Å². The zero-order chi connectivity index (χ0) is 16.1. The van der Waals surface area contributed by atoms with E-state index in [9.17, 15) is 9.90 Å². The maximum absolute atomic E-state index is 11.2. The third kappa shape index (κ3) is 3.65. The van der Waals surface area contributed by atoms with Gasteiger partial charge in [0, 0.05) is 19.3 Å². The van der Waals surface area contributed by atoms with E-state index in [1.165, 1.54) is 4.90 Å². The summed E-state index contributed by atoms with van der Waals surface area (Å²) in [7, 11) is 0. The average molecular weight is 308 g/mol. The lowest BCUT2D eigenvalue weighted by Crippen LogP contribution is -2.35. The van der Waals surface area contributed by atoms with E-state index >= 15 is 0 Å². The Balaban J connectivity index is 2.18. The highest BCUT2D eigenvalue weighted by Crippen LogP contribution is 2.20. The van der Waals surface area contributed by atoms with Crippen LogP contribution in [-0.4, -0.2) is 57.9 Å². The number of ether oxygens (including phenoxy) is 1. The third-order valence-electron chi connectivity index (χ3n) is 3.83. The first-order chi connectivity index (χ1) is 10.6. The van der Waals surface area contributed by atoms with Gasteiger partial charge in [-0.05, 0) is 19.8 Å². The van der Waals surface area contributed by atoms with Crippen LogP contribution in [0.3, 0.4) is 0 Å². The number of carbonyl (C=O) groups is 1. The smallest absolute Gasteiger partial charge is 0.407 e. The lowest BCUT2D eigenvalue weighted by atomic mass is 10.2. The molecule has 122 valence electrons. The number of nitrogens with one attached hydrogen (secondary N) is 1. The van der Waals surface area contributed by atoms with Crippen LogP contribution in [-0.2, 0) is 17.6 Å². The van der Waals surface area contributed by atoms with Crippen LogP contribution in [0.2, 0.25) is 0 Å². The Bertz CT molecular complexity index is 524. The molecule has 1 fully saturated rings. The third-order valence-corrected chi connectivity index (χ3v) is 3.83. The summed E-state index contributed by atoms with van der Waals surface area (Å²) in [5.74, 6) is 0.740. The SMILES string of the molecule is CCO[C@H]1CN(C(=O)O)C[C@H]1Nc1nc(CC)cnc1CC.